The highest BCUT2D eigenvalue weighted by Gasteiger charge is 2.15. The SMILES string of the molecule is CC(C)n1ccc(C(=O)NCCCC2CCOC2)n1. The molecular formula is C14H23N3O2. The van der Waals surface area contributed by atoms with Gasteiger partial charge in [-0.1, -0.05) is 0 Å². The average molecular weight is 265 g/mol. The monoisotopic (exact) mass is 265 g/mol. The fourth-order valence-electron chi connectivity index (χ4n) is 2.24. The Morgan fingerprint density at radius 3 is 3.11 bits per heavy atom. The maximum Gasteiger partial charge on any atom is 0.271 e. The lowest BCUT2D eigenvalue weighted by Gasteiger charge is -2.07. The van der Waals surface area contributed by atoms with Crippen LogP contribution in [-0.4, -0.2) is 35.4 Å². The van der Waals surface area contributed by atoms with Gasteiger partial charge in [0.1, 0.15) is 5.69 Å². The normalized spacial score (nSPS) is 19.0. The molecule has 1 aromatic heterocycles. The number of rotatable bonds is 6. The Kier molecular flexibility index (Phi) is 4.96. The van der Waals surface area contributed by atoms with Gasteiger partial charge in [-0.2, -0.15) is 5.10 Å². The number of hydrogen-bond donors (Lipinski definition) is 1. The molecule has 2 heterocycles. The van der Waals surface area contributed by atoms with Crippen LogP contribution < -0.4 is 5.32 Å². The van der Waals surface area contributed by atoms with Crippen LogP contribution in [0.25, 0.3) is 0 Å². The van der Waals surface area contributed by atoms with Crippen molar-refractivity contribution < 1.29 is 9.53 Å². The molecule has 1 aliphatic heterocycles. The molecule has 1 aliphatic rings. The van der Waals surface area contributed by atoms with Gasteiger partial charge >= 0.3 is 0 Å². The third-order valence-corrected chi connectivity index (χ3v) is 3.47. The topological polar surface area (TPSA) is 56.2 Å². The molecule has 0 saturated carbocycles. The van der Waals surface area contributed by atoms with Crippen LogP contribution in [0.4, 0.5) is 0 Å². The van der Waals surface area contributed by atoms with Gasteiger partial charge in [0.25, 0.3) is 5.91 Å². The van der Waals surface area contributed by atoms with E-state index in [9.17, 15) is 4.79 Å². The number of aromatic nitrogens is 2. The Balaban J connectivity index is 1.68. The van der Waals surface area contributed by atoms with Gasteiger partial charge in [0.05, 0.1) is 0 Å². The average Bonchev–Trinajstić information content (AvgIpc) is 3.05. The third-order valence-electron chi connectivity index (χ3n) is 3.47. The predicted molar refractivity (Wildman–Crippen MR) is 73.1 cm³/mol. The van der Waals surface area contributed by atoms with Crippen molar-refractivity contribution in [2.45, 2.75) is 39.2 Å². The lowest BCUT2D eigenvalue weighted by Crippen LogP contribution is -2.25. The molecule has 19 heavy (non-hydrogen) atoms. The van der Waals surface area contributed by atoms with E-state index in [2.05, 4.69) is 10.4 Å². The first-order valence-electron chi connectivity index (χ1n) is 7.08. The summed E-state index contributed by atoms with van der Waals surface area (Å²) in [5, 5.41) is 7.17. The first-order valence-corrected chi connectivity index (χ1v) is 7.08. The minimum atomic E-state index is -0.0814. The molecule has 1 unspecified atom stereocenters. The summed E-state index contributed by atoms with van der Waals surface area (Å²) in [7, 11) is 0. The first-order chi connectivity index (χ1) is 9.16. The van der Waals surface area contributed by atoms with Gasteiger partial charge in [-0.25, -0.2) is 0 Å². The van der Waals surface area contributed by atoms with Crippen molar-refractivity contribution in [2.75, 3.05) is 19.8 Å². The zero-order chi connectivity index (χ0) is 13.7. The number of ether oxygens (including phenoxy) is 1. The Morgan fingerprint density at radius 2 is 2.47 bits per heavy atom. The maximum atomic E-state index is 11.9. The minimum absolute atomic E-state index is 0.0814. The smallest absolute Gasteiger partial charge is 0.271 e. The van der Waals surface area contributed by atoms with Crippen LogP contribution in [0, 0.1) is 5.92 Å². The van der Waals surface area contributed by atoms with E-state index in [1.807, 2.05) is 20.0 Å². The van der Waals surface area contributed by atoms with Crippen molar-refractivity contribution >= 4 is 5.91 Å². The molecular weight excluding hydrogens is 242 g/mol. The van der Waals surface area contributed by atoms with Crippen molar-refractivity contribution in [1.82, 2.24) is 15.1 Å². The first kappa shape index (κ1) is 14.1. The van der Waals surface area contributed by atoms with E-state index in [0.717, 1.165) is 32.5 Å². The van der Waals surface area contributed by atoms with Crippen LogP contribution in [0.3, 0.4) is 0 Å². The van der Waals surface area contributed by atoms with E-state index >= 15 is 0 Å². The predicted octanol–water partition coefficient (Wildman–Crippen LogP) is 2.01. The van der Waals surface area contributed by atoms with Gasteiger partial charge in [0.15, 0.2) is 0 Å². The van der Waals surface area contributed by atoms with Gasteiger partial charge in [0.2, 0.25) is 0 Å². The molecule has 1 fully saturated rings. The van der Waals surface area contributed by atoms with Gasteiger partial charge in [-0.3, -0.25) is 9.48 Å². The van der Waals surface area contributed by atoms with Crippen molar-refractivity contribution in [2.24, 2.45) is 5.92 Å². The summed E-state index contributed by atoms with van der Waals surface area (Å²) in [4.78, 5) is 11.9. The summed E-state index contributed by atoms with van der Waals surface area (Å²) >= 11 is 0. The van der Waals surface area contributed by atoms with E-state index in [1.54, 1.807) is 10.7 Å². The second-order valence-electron chi connectivity index (χ2n) is 5.40. The molecule has 1 saturated heterocycles. The Hall–Kier alpha value is -1.36. The van der Waals surface area contributed by atoms with Crippen LogP contribution in [0.1, 0.15) is 49.6 Å². The van der Waals surface area contributed by atoms with E-state index < -0.39 is 0 Å². The highest BCUT2D eigenvalue weighted by molar-refractivity contribution is 5.92. The summed E-state index contributed by atoms with van der Waals surface area (Å²) in [5.41, 5.74) is 0.498. The molecule has 0 spiro atoms. The molecule has 0 bridgehead atoms. The van der Waals surface area contributed by atoms with Crippen molar-refractivity contribution in [3.8, 4) is 0 Å². The van der Waals surface area contributed by atoms with Gasteiger partial charge in [0, 0.05) is 32.0 Å². The van der Waals surface area contributed by atoms with Crippen LogP contribution >= 0.6 is 0 Å². The summed E-state index contributed by atoms with van der Waals surface area (Å²) < 4.78 is 7.13. The molecule has 5 nitrogen and oxygen atoms in total. The lowest BCUT2D eigenvalue weighted by molar-refractivity contribution is 0.0946. The van der Waals surface area contributed by atoms with Crippen LogP contribution in [-0.2, 0) is 4.74 Å². The molecule has 5 heteroatoms. The molecule has 0 aliphatic carbocycles. The number of nitrogens with zero attached hydrogens (tertiary/aromatic N) is 2. The lowest BCUT2D eigenvalue weighted by atomic mass is 10.0. The van der Waals surface area contributed by atoms with Crippen molar-refractivity contribution in [1.29, 1.82) is 0 Å². The second-order valence-corrected chi connectivity index (χ2v) is 5.40. The van der Waals surface area contributed by atoms with E-state index in [1.165, 1.54) is 0 Å². The van der Waals surface area contributed by atoms with Gasteiger partial charge < -0.3 is 10.1 Å². The molecule has 0 aromatic carbocycles. The standard InChI is InChI=1S/C14H23N3O2/c1-11(2)17-8-5-13(16-17)14(18)15-7-3-4-12-6-9-19-10-12/h5,8,11-12H,3-4,6-7,9-10H2,1-2H3,(H,15,18). The van der Waals surface area contributed by atoms with Crippen molar-refractivity contribution in [3.05, 3.63) is 18.0 Å². The Morgan fingerprint density at radius 1 is 1.63 bits per heavy atom. The molecule has 0 radical (unpaired) electrons. The summed E-state index contributed by atoms with van der Waals surface area (Å²) in [6, 6.07) is 2.05. The summed E-state index contributed by atoms with van der Waals surface area (Å²) in [6.07, 6.45) is 5.13. The van der Waals surface area contributed by atoms with Crippen LogP contribution in [0.5, 0.6) is 0 Å². The minimum Gasteiger partial charge on any atom is -0.381 e. The summed E-state index contributed by atoms with van der Waals surface area (Å²) in [5.74, 6) is 0.596. The van der Waals surface area contributed by atoms with E-state index in [0.29, 0.717) is 18.2 Å². The molecule has 1 aromatic rings. The Labute approximate surface area is 114 Å². The number of amides is 1. The molecule has 1 N–H and O–H groups in total. The third kappa shape index (κ3) is 4.06. The zero-order valence-electron chi connectivity index (χ0n) is 11.8. The van der Waals surface area contributed by atoms with Gasteiger partial charge in [-0.05, 0) is 45.1 Å². The largest absolute Gasteiger partial charge is 0.381 e. The number of carbonyl (C=O) groups excluding carboxylic acids is 1. The van der Waals surface area contributed by atoms with E-state index in [4.69, 9.17) is 4.74 Å². The maximum absolute atomic E-state index is 11.9. The quantitative estimate of drug-likeness (QED) is 0.800. The number of carbonyl (C=O) groups is 1. The van der Waals surface area contributed by atoms with Crippen LogP contribution in [0.15, 0.2) is 12.3 Å². The number of hydrogen-bond acceptors (Lipinski definition) is 3. The fraction of sp³-hybridized carbons (Fsp3) is 0.714. The molecule has 1 amide bonds. The fourth-order valence-corrected chi connectivity index (χ4v) is 2.24. The van der Waals surface area contributed by atoms with Crippen molar-refractivity contribution in [3.63, 3.8) is 0 Å². The highest BCUT2D eigenvalue weighted by Crippen LogP contribution is 2.17. The molecule has 2 rings (SSSR count). The van der Waals surface area contributed by atoms with Crippen LogP contribution in [0.2, 0.25) is 0 Å². The van der Waals surface area contributed by atoms with E-state index in [-0.39, 0.29) is 11.9 Å². The second kappa shape index (κ2) is 6.70. The Bertz CT molecular complexity index is 409. The highest BCUT2D eigenvalue weighted by atomic mass is 16.5. The van der Waals surface area contributed by atoms with Gasteiger partial charge in [-0.15, -0.1) is 0 Å². The molecule has 106 valence electrons. The summed E-state index contributed by atoms with van der Waals surface area (Å²) in [6.45, 7) is 6.57. The zero-order valence-corrected chi connectivity index (χ0v) is 11.8. The number of nitrogens with one attached hydrogen (secondary N) is 1. The molecule has 1 atom stereocenters.